The molecular weight excluding hydrogens is 322 g/mol. The van der Waals surface area contributed by atoms with Gasteiger partial charge >= 0.3 is 0 Å². The van der Waals surface area contributed by atoms with Crippen LogP contribution >= 0.6 is 27.3 Å². The summed E-state index contributed by atoms with van der Waals surface area (Å²) in [4.78, 5) is 17.9. The predicted molar refractivity (Wildman–Crippen MR) is 83.2 cm³/mol. The third-order valence-corrected chi connectivity index (χ3v) is 5.47. The fourth-order valence-electron chi connectivity index (χ4n) is 1.96. The number of thiazole rings is 1. The lowest BCUT2D eigenvalue weighted by Gasteiger charge is -2.06. The monoisotopic (exact) mass is 337 g/mol. The lowest BCUT2D eigenvalue weighted by atomic mass is 10.0. The van der Waals surface area contributed by atoms with Crippen LogP contribution in [0.5, 0.6) is 0 Å². The van der Waals surface area contributed by atoms with Gasteiger partial charge in [0.1, 0.15) is 5.01 Å². The van der Waals surface area contributed by atoms with Crippen molar-refractivity contribution < 1.29 is 4.79 Å². The number of aromatic nitrogens is 1. The third kappa shape index (κ3) is 3.12. The Morgan fingerprint density at radius 1 is 1.21 bits per heavy atom. The summed E-state index contributed by atoms with van der Waals surface area (Å²) in [5.74, 6) is 0.132. The normalized spacial score (nSPS) is 10.8. The van der Waals surface area contributed by atoms with Crippen LogP contribution < -0.4 is 0 Å². The highest BCUT2D eigenvalue weighted by molar-refractivity contribution is 9.10. The van der Waals surface area contributed by atoms with Crippen LogP contribution in [-0.2, 0) is 6.42 Å². The van der Waals surface area contributed by atoms with Gasteiger partial charge in [0.05, 0.1) is 12.1 Å². The zero-order valence-electron chi connectivity index (χ0n) is 11.5. The van der Waals surface area contributed by atoms with E-state index in [0.717, 1.165) is 31.9 Å². The minimum atomic E-state index is 0.132. The van der Waals surface area contributed by atoms with Gasteiger partial charge in [-0.05, 0) is 51.0 Å². The molecule has 0 aliphatic heterocycles. The average Bonchev–Trinajstić information content (AvgIpc) is 2.64. The number of rotatable bonds is 3. The van der Waals surface area contributed by atoms with Gasteiger partial charge in [0.25, 0.3) is 0 Å². The highest BCUT2D eigenvalue weighted by Gasteiger charge is 2.13. The standard InChI is InChI=1S/C15H16BrNOS/c1-8-5-12(6-9(2)15(8)16)13(18)7-14-17-10(3)11(4)19-14/h5-6H,7H2,1-4H3. The second-order valence-electron chi connectivity index (χ2n) is 4.77. The summed E-state index contributed by atoms with van der Waals surface area (Å²) in [5, 5.41) is 0.901. The molecule has 0 amide bonds. The SMILES string of the molecule is Cc1cc(C(=O)Cc2nc(C)c(C)s2)cc(C)c1Br. The molecule has 4 heteroatoms. The van der Waals surface area contributed by atoms with E-state index in [2.05, 4.69) is 20.9 Å². The van der Waals surface area contributed by atoms with Crippen LogP contribution in [0.3, 0.4) is 0 Å². The molecule has 1 aromatic heterocycles. The van der Waals surface area contributed by atoms with E-state index in [0.29, 0.717) is 6.42 Å². The molecule has 0 saturated carbocycles. The molecule has 19 heavy (non-hydrogen) atoms. The summed E-state index contributed by atoms with van der Waals surface area (Å²) in [6.07, 6.45) is 0.389. The van der Waals surface area contributed by atoms with Crippen molar-refractivity contribution in [3.8, 4) is 0 Å². The molecular formula is C15H16BrNOS. The molecule has 0 unspecified atom stereocenters. The molecule has 100 valence electrons. The van der Waals surface area contributed by atoms with Gasteiger partial charge in [0.15, 0.2) is 5.78 Å². The van der Waals surface area contributed by atoms with Crippen LogP contribution in [0.4, 0.5) is 0 Å². The molecule has 0 spiro atoms. The van der Waals surface area contributed by atoms with Crippen LogP contribution in [0.25, 0.3) is 0 Å². The van der Waals surface area contributed by atoms with Crippen molar-refractivity contribution in [1.82, 2.24) is 4.98 Å². The molecule has 0 atom stereocenters. The lowest BCUT2D eigenvalue weighted by Crippen LogP contribution is -2.04. The number of nitrogens with zero attached hydrogens (tertiary/aromatic N) is 1. The number of hydrogen-bond donors (Lipinski definition) is 0. The van der Waals surface area contributed by atoms with Gasteiger partial charge in [-0.2, -0.15) is 0 Å². The number of hydrogen-bond acceptors (Lipinski definition) is 3. The molecule has 2 aromatic rings. The van der Waals surface area contributed by atoms with Crippen molar-refractivity contribution >= 4 is 33.0 Å². The molecule has 2 nitrogen and oxygen atoms in total. The smallest absolute Gasteiger partial charge is 0.169 e. The number of carbonyl (C=O) groups is 1. The Hall–Kier alpha value is -1.00. The maximum atomic E-state index is 12.3. The summed E-state index contributed by atoms with van der Waals surface area (Å²) in [6, 6.07) is 3.87. The van der Waals surface area contributed by atoms with Gasteiger partial charge in [-0.25, -0.2) is 4.98 Å². The van der Waals surface area contributed by atoms with Crippen LogP contribution in [0.1, 0.15) is 37.1 Å². The predicted octanol–water partition coefficient (Wildman–Crippen LogP) is 4.56. The summed E-state index contributed by atoms with van der Waals surface area (Å²) in [6.45, 7) is 8.03. The summed E-state index contributed by atoms with van der Waals surface area (Å²) in [5.41, 5.74) is 3.98. The van der Waals surface area contributed by atoms with E-state index in [9.17, 15) is 4.79 Å². The maximum absolute atomic E-state index is 12.3. The Kier molecular flexibility index (Phi) is 4.21. The second-order valence-corrected chi connectivity index (χ2v) is 6.85. The lowest BCUT2D eigenvalue weighted by molar-refractivity contribution is 0.0992. The number of halogens is 1. The largest absolute Gasteiger partial charge is 0.294 e. The molecule has 1 aromatic carbocycles. The number of benzene rings is 1. The molecule has 0 saturated heterocycles. The van der Waals surface area contributed by atoms with Crippen LogP contribution in [0, 0.1) is 27.7 Å². The van der Waals surface area contributed by atoms with Gasteiger partial charge in [0, 0.05) is 14.9 Å². The van der Waals surface area contributed by atoms with Crippen molar-refractivity contribution in [3.63, 3.8) is 0 Å². The number of aryl methyl sites for hydroxylation is 4. The van der Waals surface area contributed by atoms with Gasteiger partial charge in [0.2, 0.25) is 0 Å². The van der Waals surface area contributed by atoms with Gasteiger partial charge in [-0.15, -0.1) is 11.3 Å². The van der Waals surface area contributed by atoms with Gasteiger partial charge < -0.3 is 0 Å². The van der Waals surface area contributed by atoms with Crippen molar-refractivity contribution in [1.29, 1.82) is 0 Å². The van der Waals surface area contributed by atoms with E-state index in [-0.39, 0.29) is 5.78 Å². The molecule has 0 aliphatic rings. The van der Waals surface area contributed by atoms with Crippen LogP contribution in [0.2, 0.25) is 0 Å². The summed E-state index contributed by atoms with van der Waals surface area (Å²) < 4.78 is 1.07. The van der Waals surface area contributed by atoms with Crippen molar-refractivity contribution in [2.45, 2.75) is 34.1 Å². The first kappa shape index (κ1) is 14.4. The number of carbonyl (C=O) groups excluding carboxylic acids is 1. The van der Waals surface area contributed by atoms with E-state index < -0.39 is 0 Å². The highest BCUT2D eigenvalue weighted by atomic mass is 79.9. The van der Waals surface area contributed by atoms with E-state index in [4.69, 9.17) is 0 Å². The molecule has 0 radical (unpaired) electrons. The van der Waals surface area contributed by atoms with E-state index in [1.54, 1.807) is 11.3 Å². The quantitative estimate of drug-likeness (QED) is 0.768. The Labute approximate surface area is 126 Å². The average molecular weight is 338 g/mol. The minimum Gasteiger partial charge on any atom is -0.294 e. The molecule has 0 fully saturated rings. The van der Waals surface area contributed by atoms with Gasteiger partial charge in [-0.1, -0.05) is 15.9 Å². The fourth-order valence-corrected chi connectivity index (χ4v) is 3.12. The Morgan fingerprint density at radius 3 is 2.26 bits per heavy atom. The Morgan fingerprint density at radius 2 is 1.79 bits per heavy atom. The molecule has 1 heterocycles. The molecule has 0 N–H and O–H groups in total. The minimum absolute atomic E-state index is 0.132. The zero-order chi connectivity index (χ0) is 14.2. The van der Waals surface area contributed by atoms with E-state index >= 15 is 0 Å². The van der Waals surface area contributed by atoms with Gasteiger partial charge in [-0.3, -0.25) is 4.79 Å². The first-order chi connectivity index (χ1) is 8.88. The third-order valence-electron chi connectivity index (χ3n) is 3.14. The van der Waals surface area contributed by atoms with E-state index in [1.807, 2.05) is 39.8 Å². The molecule has 2 rings (SSSR count). The first-order valence-electron chi connectivity index (χ1n) is 6.11. The fraction of sp³-hybridized carbons (Fsp3) is 0.333. The topological polar surface area (TPSA) is 30.0 Å². The van der Waals surface area contributed by atoms with Crippen LogP contribution in [0.15, 0.2) is 16.6 Å². The molecule has 0 aliphatic carbocycles. The van der Waals surface area contributed by atoms with E-state index in [1.165, 1.54) is 4.88 Å². The maximum Gasteiger partial charge on any atom is 0.169 e. The van der Waals surface area contributed by atoms with Crippen LogP contribution in [-0.4, -0.2) is 10.8 Å². The van der Waals surface area contributed by atoms with Crippen molar-refractivity contribution in [2.75, 3.05) is 0 Å². The highest BCUT2D eigenvalue weighted by Crippen LogP contribution is 2.24. The molecule has 0 bridgehead atoms. The summed E-state index contributed by atoms with van der Waals surface area (Å²) >= 11 is 5.13. The van der Waals surface area contributed by atoms with Crippen molar-refractivity contribution in [3.05, 3.63) is 48.9 Å². The zero-order valence-corrected chi connectivity index (χ0v) is 13.9. The number of ketones is 1. The van der Waals surface area contributed by atoms with Crippen molar-refractivity contribution in [2.24, 2.45) is 0 Å². The summed E-state index contributed by atoms with van der Waals surface area (Å²) in [7, 11) is 0. The number of Topliss-reactive ketones (excluding diaryl/α,β-unsaturated/α-hetero) is 1. The first-order valence-corrected chi connectivity index (χ1v) is 7.72. The second kappa shape index (κ2) is 5.55. The Bertz CT molecular complexity index is 603. The Balaban J connectivity index is 2.25.